The van der Waals surface area contributed by atoms with E-state index in [0.717, 1.165) is 30.6 Å². The van der Waals surface area contributed by atoms with E-state index in [0.29, 0.717) is 6.42 Å². The predicted octanol–water partition coefficient (Wildman–Crippen LogP) is 5.08. The molecule has 1 saturated carbocycles. The minimum Gasteiger partial charge on any atom is -0.443 e. The third-order valence-electron chi connectivity index (χ3n) is 4.15. The summed E-state index contributed by atoms with van der Waals surface area (Å²) >= 11 is 1.64. The first kappa shape index (κ1) is 25.6. The molecular weight excluding hydrogens is 392 g/mol. The van der Waals surface area contributed by atoms with E-state index in [4.69, 9.17) is 9.47 Å². The molecule has 0 spiro atoms. The molecule has 7 nitrogen and oxygen atoms in total. The van der Waals surface area contributed by atoms with E-state index in [1.807, 2.05) is 0 Å². The Kier molecular flexibility index (Phi) is 8.07. The summed E-state index contributed by atoms with van der Waals surface area (Å²) in [4.78, 5) is 38.1. The number of nitrogens with zero attached hydrogens (tertiary/aromatic N) is 1. The van der Waals surface area contributed by atoms with Crippen LogP contribution in [-0.4, -0.2) is 50.2 Å². The maximum Gasteiger partial charge on any atom is 0.430 e. The van der Waals surface area contributed by atoms with E-state index >= 15 is 0 Å². The number of ether oxygens (including phenoxy) is 2. The Morgan fingerprint density at radius 3 is 2.00 bits per heavy atom. The van der Waals surface area contributed by atoms with Crippen LogP contribution in [0.15, 0.2) is 0 Å². The number of hydrazine groups is 1. The van der Waals surface area contributed by atoms with Crippen molar-refractivity contribution in [3.8, 4) is 0 Å². The second-order valence-corrected chi connectivity index (χ2v) is 12.5. The van der Waals surface area contributed by atoms with Crippen LogP contribution in [0, 0.1) is 0 Å². The normalized spacial score (nSPS) is 23.1. The van der Waals surface area contributed by atoms with Crippen LogP contribution in [0.5, 0.6) is 0 Å². The van der Waals surface area contributed by atoms with Crippen LogP contribution >= 0.6 is 11.8 Å². The lowest BCUT2D eigenvalue weighted by atomic mass is 9.81. The van der Waals surface area contributed by atoms with Crippen molar-refractivity contribution in [2.24, 2.45) is 0 Å². The van der Waals surface area contributed by atoms with E-state index in [9.17, 15) is 14.4 Å². The fourth-order valence-corrected chi connectivity index (χ4v) is 4.82. The molecule has 2 amide bonds. The SMILES string of the molecule is CC(C)(C)OC(=O)NN(C(=O)OC(C)(C)C)[C@]1(C=O)CCCC[C@H]1SC(C)(C)C. The third-order valence-corrected chi connectivity index (χ3v) is 5.78. The average molecular weight is 431 g/mol. The van der Waals surface area contributed by atoms with Crippen LogP contribution in [0.25, 0.3) is 0 Å². The van der Waals surface area contributed by atoms with Gasteiger partial charge in [-0.05, 0) is 54.4 Å². The van der Waals surface area contributed by atoms with Gasteiger partial charge in [-0.25, -0.2) is 20.0 Å². The molecule has 2 atom stereocenters. The summed E-state index contributed by atoms with van der Waals surface area (Å²) in [5, 5.41) is 0.887. The molecule has 8 heteroatoms. The van der Waals surface area contributed by atoms with Crippen LogP contribution in [0.3, 0.4) is 0 Å². The number of amides is 2. The molecule has 0 heterocycles. The predicted molar refractivity (Wildman–Crippen MR) is 116 cm³/mol. The van der Waals surface area contributed by atoms with Crippen LogP contribution in [-0.2, 0) is 14.3 Å². The van der Waals surface area contributed by atoms with E-state index in [1.54, 1.807) is 53.3 Å². The molecule has 1 aliphatic rings. The smallest absolute Gasteiger partial charge is 0.430 e. The molecule has 1 N–H and O–H groups in total. The average Bonchev–Trinajstić information content (AvgIpc) is 2.48. The Morgan fingerprint density at radius 1 is 1.00 bits per heavy atom. The summed E-state index contributed by atoms with van der Waals surface area (Å²) < 4.78 is 10.8. The van der Waals surface area contributed by atoms with Crippen molar-refractivity contribution in [3.05, 3.63) is 0 Å². The summed E-state index contributed by atoms with van der Waals surface area (Å²) in [5.41, 5.74) is -0.214. The van der Waals surface area contributed by atoms with Gasteiger partial charge in [-0.3, -0.25) is 0 Å². The number of nitrogens with one attached hydrogen (secondary N) is 1. The van der Waals surface area contributed by atoms with Crippen LogP contribution in [0.4, 0.5) is 9.59 Å². The Bertz CT molecular complexity index is 604. The third kappa shape index (κ3) is 8.07. The minimum absolute atomic E-state index is 0.123. The van der Waals surface area contributed by atoms with Crippen molar-refractivity contribution in [3.63, 3.8) is 0 Å². The number of hydrogen-bond donors (Lipinski definition) is 1. The molecule has 0 aromatic rings. The zero-order valence-electron chi connectivity index (χ0n) is 19.4. The first-order valence-electron chi connectivity index (χ1n) is 10.2. The summed E-state index contributed by atoms with van der Waals surface area (Å²) in [6.07, 6.45) is 2.16. The Balaban J connectivity index is 3.34. The van der Waals surface area contributed by atoms with E-state index < -0.39 is 28.9 Å². The van der Waals surface area contributed by atoms with Crippen LogP contribution < -0.4 is 5.43 Å². The highest BCUT2D eigenvalue weighted by atomic mass is 32.2. The lowest BCUT2D eigenvalue weighted by Gasteiger charge is -2.48. The van der Waals surface area contributed by atoms with Crippen molar-refractivity contribution in [2.75, 3.05) is 0 Å². The van der Waals surface area contributed by atoms with Gasteiger partial charge in [0.1, 0.15) is 23.0 Å². The topological polar surface area (TPSA) is 84.9 Å². The molecule has 1 aliphatic carbocycles. The van der Waals surface area contributed by atoms with Gasteiger partial charge < -0.3 is 14.3 Å². The quantitative estimate of drug-likeness (QED) is 0.497. The Morgan fingerprint density at radius 2 is 1.55 bits per heavy atom. The highest BCUT2D eigenvalue weighted by Gasteiger charge is 2.51. The highest BCUT2D eigenvalue weighted by molar-refractivity contribution is 8.01. The summed E-state index contributed by atoms with van der Waals surface area (Å²) in [6.45, 7) is 16.6. The first-order valence-corrected chi connectivity index (χ1v) is 11.0. The number of aldehydes is 1. The van der Waals surface area contributed by atoms with Gasteiger partial charge >= 0.3 is 12.2 Å². The van der Waals surface area contributed by atoms with Gasteiger partial charge in [0.2, 0.25) is 0 Å². The number of carbonyl (C=O) groups excluding carboxylic acids is 3. The fourth-order valence-electron chi connectivity index (χ4n) is 3.20. The number of thioether (sulfide) groups is 1. The lowest BCUT2D eigenvalue weighted by Crippen LogP contribution is -2.67. The molecule has 0 unspecified atom stereocenters. The largest absolute Gasteiger partial charge is 0.443 e. The number of hydrogen-bond acceptors (Lipinski definition) is 6. The molecule has 29 heavy (non-hydrogen) atoms. The summed E-state index contributed by atoms with van der Waals surface area (Å²) in [7, 11) is 0. The van der Waals surface area contributed by atoms with E-state index in [1.165, 1.54) is 0 Å². The van der Waals surface area contributed by atoms with Crippen molar-refractivity contribution < 1.29 is 23.9 Å². The second-order valence-electron chi connectivity index (χ2n) is 10.5. The van der Waals surface area contributed by atoms with Crippen molar-refractivity contribution in [1.29, 1.82) is 0 Å². The molecular formula is C21H38N2O5S. The lowest BCUT2D eigenvalue weighted by molar-refractivity contribution is -0.122. The first-order chi connectivity index (χ1) is 13.0. The van der Waals surface area contributed by atoms with Gasteiger partial charge in [-0.15, -0.1) is 11.8 Å². The summed E-state index contributed by atoms with van der Waals surface area (Å²) in [5.74, 6) is 0. The molecule has 1 rings (SSSR count). The van der Waals surface area contributed by atoms with Crippen molar-refractivity contribution >= 4 is 30.2 Å². The van der Waals surface area contributed by atoms with Gasteiger partial charge in [-0.2, -0.15) is 0 Å². The van der Waals surface area contributed by atoms with Crippen LogP contribution in [0.1, 0.15) is 88.0 Å². The second kappa shape index (κ2) is 9.14. The van der Waals surface area contributed by atoms with Gasteiger partial charge in [0.05, 0.1) is 0 Å². The standard InChI is InChI=1S/C21H38N2O5S/c1-18(2,3)27-16(25)22-23(17(26)28-19(4,5)6)21(14-24)13-11-10-12-15(21)29-20(7,8)9/h14-15H,10-13H2,1-9H3,(H,22,25)/t15-,21+/m1/s1. The van der Waals surface area contributed by atoms with Crippen molar-refractivity contribution in [1.82, 2.24) is 10.4 Å². The monoisotopic (exact) mass is 430 g/mol. The molecule has 0 aromatic heterocycles. The molecule has 168 valence electrons. The van der Waals surface area contributed by atoms with Gasteiger partial charge in [0.15, 0.2) is 0 Å². The molecule has 0 aliphatic heterocycles. The zero-order valence-corrected chi connectivity index (χ0v) is 20.2. The summed E-state index contributed by atoms with van der Waals surface area (Å²) in [6, 6.07) is 0. The maximum atomic E-state index is 13.1. The van der Waals surface area contributed by atoms with Gasteiger partial charge in [0.25, 0.3) is 0 Å². The van der Waals surface area contributed by atoms with E-state index in [-0.39, 0.29) is 10.00 Å². The maximum absolute atomic E-state index is 13.1. The zero-order chi connectivity index (χ0) is 22.7. The fraction of sp³-hybridized carbons (Fsp3) is 0.857. The molecule has 0 radical (unpaired) electrons. The van der Waals surface area contributed by atoms with E-state index in [2.05, 4.69) is 26.2 Å². The number of carbonyl (C=O) groups is 3. The molecule has 0 bridgehead atoms. The highest BCUT2D eigenvalue weighted by Crippen LogP contribution is 2.44. The van der Waals surface area contributed by atoms with Crippen LogP contribution in [0.2, 0.25) is 0 Å². The van der Waals surface area contributed by atoms with Gasteiger partial charge in [-0.1, -0.05) is 33.6 Å². The Labute approximate surface area is 179 Å². The molecule has 1 fully saturated rings. The van der Waals surface area contributed by atoms with Gasteiger partial charge in [0, 0.05) is 10.00 Å². The molecule has 0 aromatic carbocycles. The number of rotatable bonds is 3. The van der Waals surface area contributed by atoms with Crippen molar-refractivity contribution in [2.45, 2.75) is 115 Å². The minimum atomic E-state index is -1.21. The Hall–Kier alpha value is -1.44. The molecule has 0 saturated heterocycles.